The summed E-state index contributed by atoms with van der Waals surface area (Å²) in [5.41, 5.74) is 15.6. The quantitative estimate of drug-likeness (QED) is 0.0459. The number of aliphatic imine (C=N–C) groups is 1. The normalized spacial score (nSPS) is 17.2. The molecule has 141 heavy (non-hydrogen) atoms. The van der Waals surface area contributed by atoms with E-state index in [1.807, 2.05) is 165 Å². The smallest absolute Gasteiger partial charge is 0.434 e. The molecule has 8 aliphatic rings. The number of imidazole rings is 4. The van der Waals surface area contributed by atoms with Crippen LogP contribution in [0.25, 0.3) is 34.1 Å². The fraction of sp³-hybridized carbons (Fsp3) is 0.468. The zero-order valence-electron chi connectivity index (χ0n) is 86.9. The van der Waals surface area contributed by atoms with E-state index in [4.69, 9.17) is 5.11 Å². The van der Waals surface area contributed by atoms with Crippen LogP contribution in [0.4, 0.5) is 19.2 Å². The summed E-state index contributed by atoms with van der Waals surface area (Å²) in [6, 6.07) is 39.4. The molecular weight excluding hydrogens is 1790 g/mol. The molecule has 32 heteroatoms. The molecule has 4 aromatic heterocycles. The van der Waals surface area contributed by atoms with E-state index in [1.54, 1.807) is 103 Å². The number of benzene rings is 6. The number of carbonyl (C=O) groups excluding carboxylic acids is 7. The molecule has 6 fully saturated rings. The van der Waals surface area contributed by atoms with Crippen LogP contribution in [-0.4, -0.2) is 223 Å². The summed E-state index contributed by atoms with van der Waals surface area (Å²) in [6.45, 7) is 51.1. The number of amides is 4. The fourth-order valence-electron chi connectivity index (χ4n) is 19.7. The van der Waals surface area contributed by atoms with Crippen LogP contribution < -0.4 is 54.0 Å². The van der Waals surface area contributed by atoms with E-state index >= 15 is 0 Å². The number of guanidine groups is 1. The van der Waals surface area contributed by atoms with Crippen molar-refractivity contribution >= 4 is 60.0 Å². The number of para-hydroxylation sites is 4. The fourth-order valence-corrected chi connectivity index (χ4v) is 19.7. The van der Waals surface area contributed by atoms with E-state index in [9.17, 15) is 74.1 Å². The van der Waals surface area contributed by atoms with Gasteiger partial charge in [-0.05, 0) is 178 Å². The number of piperidine rings is 3. The topological polar surface area (TPSA) is 382 Å². The molecule has 6 saturated heterocycles. The standard InChI is InChI=1S/C28H36N2O2.C22H24N2O2.C16H12N2O2.C12H20N2O2.C10H16N2O2.C8H13NO2.C7H12N2O2.C6H13N3O2/c1-17(2)21-11-9-12-22(18(3)4)25(21)29-15-16-30(27(29)28(31)32)26-23(19(5)6)13-10-14-24(26)20(7)8;1-13-9-15(3)19(16(4)10-13)23-7-8-24(21(23)22(25)26)20-17(5)11-14(2)12-18(20)6;19-16(20)15-17(13-7-3-1-4-8-13)11-12-18(15)14-9-5-2-6-10-14;1-11(2,3)13-7-8-14(12(4,5)6)9(13)10(15)16;13-10(14)12-8-4-7-11-6-3-1-2-5-9(11)12;10-8(11)9-4-1-7(2-5-9)3-6-9;10-7(11)9-4-1-8(2-5-9)3-6-9;1-8(2)5(9(3)4)7-6(10)11/h9-20H,1-8H3;7-12H,1-6H3;1-12H;7-8H,1-6H3;1-8H2;7H,1-6H2;1-6H2;1-4H3,(H,10,11). The van der Waals surface area contributed by atoms with Crippen LogP contribution in [-0.2, 0) is 11.1 Å². The van der Waals surface area contributed by atoms with Crippen molar-refractivity contribution in [1.82, 2.24) is 37.9 Å². The van der Waals surface area contributed by atoms with Gasteiger partial charge in [0.2, 0.25) is 12.1 Å². The second-order valence-corrected chi connectivity index (χ2v) is 41.0. The van der Waals surface area contributed by atoms with Gasteiger partial charge in [0.25, 0.3) is 18.0 Å². The van der Waals surface area contributed by atoms with E-state index in [1.165, 1.54) is 17.7 Å². The SMILES string of the molecule is CC(C)(C)n1cc[n+](C(C)(C)C)c1C(=O)[O-].CC(C)c1cccc(C(C)C)c1-n1cc[n+](-c2c(C(C)C)cccc2C(C)C)c1C(=O)[O-].CN(C)C(=NC(=O)O)N(C)C.Cc1cc(C)c(-n2cc[n+](-c3c(C)cc(C)cc3C)c2C(=O)[O-])c(C)c1.O=C([O-])N1CCC[N+]2=C1CCCCC2.O=C([O-])[N+]12CCC(CC1)CC2.O=C([O-])[N+]12CCN(CC1)CC2.O=C([O-])c1n(-c2ccccc2)cc[n+]1-c1ccccc1. The third kappa shape index (κ3) is 27.2. The number of amidine groups is 1. The summed E-state index contributed by atoms with van der Waals surface area (Å²) in [6.07, 6.45) is 19.0. The molecule has 0 unspecified atom stereocenters. The Bertz CT molecular complexity index is 5720. The van der Waals surface area contributed by atoms with Crippen molar-refractivity contribution in [2.45, 2.75) is 225 Å². The molecule has 18 rings (SSSR count). The summed E-state index contributed by atoms with van der Waals surface area (Å²) >= 11 is 0. The van der Waals surface area contributed by atoms with E-state index in [0.29, 0.717) is 12.5 Å². The van der Waals surface area contributed by atoms with Crippen molar-refractivity contribution in [3.8, 4) is 34.1 Å². The molecule has 0 aliphatic carbocycles. The Morgan fingerprint density at radius 2 is 0.844 bits per heavy atom. The van der Waals surface area contributed by atoms with Gasteiger partial charge in [-0.15, -0.1) is 4.99 Å². The summed E-state index contributed by atoms with van der Waals surface area (Å²) < 4.78 is 16.4. The second-order valence-electron chi connectivity index (χ2n) is 41.0. The Hall–Kier alpha value is -13.5. The van der Waals surface area contributed by atoms with Gasteiger partial charge in [0.05, 0.1) is 58.9 Å². The van der Waals surface area contributed by atoms with Crippen molar-refractivity contribution in [1.29, 1.82) is 0 Å². The minimum Gasteiger partial charge on any atom is -0.538 e. The summed E-state index contributed by atoms with van der Waals surface area (Å²) in [5, 5.41) is 88.2. The number of aryl methyl sites for hydroxylation is 6. The predicted octanol–water partition coefficient (Wildman–Crippen LogP) is 8.95. The first kappa shape index (κ1) is 111. The Kier molecular flexibility index (Phi) is 38.0. The highest BCUT2D eigenvalue weighted by atomic mass is 16.4. The van der Waals surface area contributed by atoms with Crippen LogP contribution in [0, 0.1) is 47.5 Å². The minimum absolute atomic E-state index is 0.0856. The number of nitrogens with zero attached hydrogens (tertiary/aromatic N) is 16. The van der Waals surface area contributed by atoms with Crippen molar-refractivity contribution in [2.24, 2.45) is 10.9 Å². The van der Waals surface area contributed by atoms with Crippen LogP contribution in [0.3, 0.4) is 0 Å². The zero-order chi connectivity index (χ0) is 104. The molecule has 10 aromatic rings. The average molecular weight is 1940 g/mol. The maximum Gasteiger partial charge on any atom is 0.434 e. The number of quaternary nitrogens is 2. The molecule has 0 atom stereocenters. The molecule has 8 aliphatic heterocycles. The van der Waals surface area contributed by atoms with Crippen LogP contribution in [0.2, 0.25) is 0 Å². The molecule has 32 nitrogen and oxygen atoms in total. The third-order valence-corrected chi connectivity index (χ3v) is 26.7. The monoisotopic (exact) mass is 1940 g/mol. The first-order chi connectivity index (χ1) is 66.3. The lowest BCUT2D eigenvalue weighted by atomic mass is 9.86. The first-order valence-corrected chi connectivity index (χ1v) is 48.8. The molecule has 0 spiro atoms. The molecule has 1 N–H and O–H groups in total. The van der Waals surface area contributed by atoms with Crippen molar-refractivity contribution < 1.29 is 111 Å². The molecule has 0 radical (unpaired) electrons. The van der Waals surface area contributed by atoms with Crippen LogP contribution in [0.1, 0.15) is 270 Å². The van der Waals surface area contributed by atoms with Gasteiger partial charge in [0.15, 0.2) is 23.9 Å². The van der Waals surface area contributed by atoms with E-state index in [0.717, 1.165) is 212 Å². The highest BCUT2D eigenvalue weighted by molar-refractivity contribution is 5.91. The molecule has 12 heterocycles. The molecule has 4 amide bonds. The Balaban J connectivity index is 0.000000185. The lowest BCUT2D eigenvalue weighted by Crippen LogP contribution is -2.72. The number of carboxylic acids is 4. The number of aromatic carboxylic acids is 4. The molecule has 0 saturated carbocycles. The molecule has 6 aromatic carbocycles. The highest BCUT2D eigenvalue weighted by Crippen LogP contribution is 2.36. The number of hydrogen-bond acceptors (Lipinski definition) is 16. The predicted molar refractivity (Wildman–Crippen MR) is 526 cm³/mol. The number of fused-ring (bicyclic) bond motifs is 6. The van der Waals surface area contributed by atoms with E-state index in [2.05, 4.69) is 131 Å². The van der Waals surface area contributed by atoms with Crippen molar-refractivity contribution in [3.05, 3.63) is 250 Å². The second kappa shape index (κ2) is 48.1. The minimum atomic E-state index is -1.22. The lowest BCUT2D eigenvalue weighted by Gasteiger charge is -2.49. The van der Waals surface area contributed by atoms with Gasteiger partial charge in [-0.2, -0.15) is 27.4 Å². The zero-order valence-corrected chi connectivity index (χ0v) is 86.9. The number of carboxylic acid groups (broad SMARTS) is 8. The number of rotatable bonds is 14. The Labute approximate surface area is 830 Å². The highest BCUT2D eigenvalue weighted by Gasteiger charge is 2.43. The lowest BCUT2D eigenvalue weighted by molar-refractivity contribution is -0.891. The summed E-state index contributed by atoms with van der Waals surface area (Å²) in [5.74, 6) is -0.964. The summed E-state index contributed by atoms with van der Waals surface area (Å²) in [4.78, 5) is 100. The largest absolute Gasteiger partial charge is 0.538 e. The third-order valence-electron chi connectivity index (χ3n) is 26.7. The van der Waals surface area contributed by atoms with Gasteiger partial charge in [-0.1, -0.05) is 164 Å². The maximum atomic E-state index is 12.6. The Morgan fingerprint density at radius 3 is 1.24 bits per heavy atom. The maximum absolute atomic E-state index is 12.6. The first-order valence-electron chi connectivity index (χ1n) is 48.8. The molecule has 758 valence electrons. The van der Waals surface area contributed by atoms with Gasteiger partial charge in [0, 0.05) is 102 Å². The number of aromatic nitrogens is 8. The van der Waals surface area contributed by atoms with Gasteiger partial charge >= 0.3 is 29.4 Å². The van der Waals surface area contributed by atoms with Gasteiger partial charge < -0.3 is 84.2 Å². The number of piperazine rings is 3. The van der Waals surface area contributed by atoms with E-state index in [-0.39, 0.29) is 67.0 Å². The van der Waals surface area contributed by atoms with Crippen molar-refractivity contribution in [3.63, 3.8) is 0 Å². The van der Waals surface area contributed by atoms with Crippen LogP contribution >= 0.6 is 0 Å². The molecular formula is C109H146N16O16. The average Bonchev–Trinajstić information content (AvgIpc) is 1.67. The van der Waals surface area contributed by atoms with Crippen LogP contribution in [0.5, 0.6) is 0 Å². The van der Waals surface area contributed by atoms with Gasteiger partial charge in [-0.25, -0.2) is 18.8 Å². The Morgan fingerprint density at radius 1 is 0.440 bits per heavy atom. The van der Waals surface area contributed by atoms with Crippen molar-refractivity contribution in [2.75, 3.05) is 107 Å². The summed E-state index contributed by atoms with van der Waals surface area (Å²) in [7, 11) is 6.95. The number of carbonyl (C=O) groups is 8. The number of hydrogen-bond donors (Lipinski definition) is 1. The van der Waals surface area contributed by atoms with E-state index < -0.39 is 48.3 Å². The van der Waals surface area contributed by atoms with Crippen LogP contribution in [0.15, 0.2) is 176 Å². The van der Waals surface area contributed by atoms with Gasteiger partial charge in [0.1, 0.15) is 94.8 Å². The molecule has 4 bridgehead atoms. The van der Waals surface area contributed by atoms with Gasteiger partial charge in [-0.3, -0.25) is 18.4 Å².